The highest BCUT2D eigenvalue weighted by Crippen LogP contribution is 2.20. The van der Waals surface area contributed by atoms with Crippen LogP contribution in [0.2, 0.25) is 0 Å². The minimum absolute atomic E-state index is 0.0223. The minimum Gasteiger partial charge on any atom is -0.368 e. The Hall–Kier alpha value is -1.87. The van der Waals surface area contributed by atoms with Gasteiger partial charge >= 0.3 is 0 Å². The predicted octanol–water partition coefficient (Wildman–Crippen LogP) is 0.824. The summed E-state index contributed by atoms with van der Waals surface area (Å²) >= 11 is 1.69. The van der Waals surface area contributed by atoms with E-state index in [-0.39, 0.29) is 11.9 Å². The molecule has 1 aromatic rings. The fourth-order valence-electron chi connectivity index (χ4n) is 2.03. The fraction of sp³-hybridized carbons (Fsp3) is 0.600. The third kappa shape index (κ3) is 5.64. The Morgan fingerprint density at radius 1 is 1.38 bits per heavy atom. The molecule has 1 amide bonds. The van der Waals surface area contributed by atoms with Crippen molar-refractivity contribution in [1.82, 2.24) is 20.6 Å². The smallest absolute Gasteiger partial charge is 0.236 e. The fourth-order valence-corrected chi connectivity index (χ4v) is 2.94. The van der Waals surface area contributed by atoms with E-state index < -0.39 is 0 Å². The Labute approximate surface area is 146 Å². The maximum absolute atomic E-state index is 11.7. The first-order chi connectivity index (χ1) is 11.5. The molecule has 8 nitrogen and oxygen atoms in total. The van der Waals surface area contributed by atoms with Crippen LogP contribution in [-0.2, 0) is 4.79 Å². The zero-order valence-corrected chi connectivity index (χ0v) is 15.3. The second-order valence-electron chi connectivity index (χ2n) is 5.63. The van der Waals surface area contributed by atoms with Gasteiger partial charge in [-0.2, -0.15) is 0 Å². The lowest BCUT2D eigenvalue weighted by molar-refractivity contribution is -0.122. The molecule has 1 aliphatic rings. The van der Waals surface area contributed by atoms with Gasteiger partial charge in [0, 0.05) is 24.9 Å². The standard InChI is InChI=1S/C15H25N7OS/c1-9-8-24-15(19-9)22-13-7-12(20-11(3)21-13)17-5-6-18-14(23)10(2)16-4/h7,9-10,16H,5-6,8H2,1-4H3,(H,18,23)(H2,17,19,20,21,22)/t9?,10-/m0/s1. The molecule has 2 heterocycles. The van der Waals surface area contributed by atoms with Crippen molar-refractivity contribution in [1.29, 1.82) is 0 Å². The molecule has 1 unspecified atom stereocenters. The summed E-state index contributed by atoms with van der Waals surface area (Å²) in [5, 5.41) is 13.1. The average Bonchev–Trinajstić information content (AvgIpc) is 2.95. The van der Waals surface area contributed by atoms with Crippen molar-refractivity contribution in [2.75, 3.05) is 36.5 Å². The molecule has 0 saturated carbocycles. The van der Waals surface area contributed by atoms with Gasteiger partial charge in [-0.15, -0.1) is 0 Å². The number of carbonyl (C=O) groups is 1. The van der Waals surface area contributed by atoms with E-state index >= 15 is 0 Å². The SMILES string of the molecule is CN[C@@H](C)C(=O)NCCNc1cc(NC2=NC(C)CS2)nc(C)n1. The summed E-state index contributed by atoms with van der Waals surface area (Å²) in [6, 6.07) is 1.98. The van der Waals surface area contributed by atoms with Gasteiger partial charge in [-0.05, 0) is 27.8 Å². The first-order valence-corrected chi connectivity index (χ1v) is 8.98. The van der Waals surface area contributed by atoms with Crippen molar-refractivity contribution in [3.05, 3.63) is 11.9 Å². The van der Waals surface area contributed by atoms with E-state index in [1.54, 1.807) is 18.8 Å². The average molecular weight is 351 g/mol. The summed E-state index contributed by atoms with van der Waals surface area (Å²) in [5.41, 5.74) is 0. The number of nitrogens with zero attached hydrogens (tertiary/aromatic N) is 3. The van der Waals surface area contributed by atoms with Crippen LogP contribution in [0.15, 0.2) is 11.1 Å². The molecule has 1 aliphatic heterocycles. The second-order valence-corrected chi connectivity index (χ2v) is 6.64. The van der Waals surface area contributed by atoms with Gasteiger partial charge in [0.1, 0.15) is 17.5 Å². The van der Waals surface area contributed by atoms with Crippen LogP contribution < -0.4 is 21.3 Å². The van der Waals surface area contributed by atoms with E-state index in [1.165, 1.54) is 0 Å². The predicted molar refractivity (Wildman–Crippen MR) is 99.8 cm³/mol. The molecule has 2 atom stereocenters. The van der Waals surface area contributed by atoms with Crippen LogP contribution in [0.3, 0.4) is 0 Å². The van der Waals surface area contributed by atoms with E-state index in [1.807, 2.05) is 19.9 Å². The second kappa shape index (κ2) is 8.84. The summed E-state index contributed by atoms with van der Waals surface area (Å²) in [4.78, 5) is 24.9. The molecule has 4 N–H and O–H groups in total. The molecule has 0 aliphatic carbocycles. The van der Waals surface area contributed by atoms with Crippen LogP contribution >= 0.6 is 11.8 Å². The third-order valence-electron chi connectivity index (χ3n) is 3.43. The molecule has 0 saturated heterocycles. The number of hydrogen-bond acceptors (Lipinski definition) is 8. The van der Waals surface area contributed by atoms with Gasteiger partial charge < -0.3 is 21.3 Å². The molecule has 0 aromatic carbocycles. The molecule has 132 valence electrons. The highest BCUT2D eigenvalue weighted by Gasteiger charge is 2.15. The quantitative estimate of drug-likeness (QED) is 0.539. The van der Waals surface area contributed by atoms with Crippen molar-refractivity contribution in [3.8, 4) is 0 Å². The maximum Gasteiger partial charge on any atom is 0.236 e. The monoisotopic (exact) mass is 351 g/mol. The van der Waals surface area contributed by atoms with Crippen molar-refractivity contribution in [2.24, 2.45) is 4.99 Å². The molecule has 0 spiro atoms. The van der Waals surface area contributed by atoms with Gasteiger partial charge in [0.2, 0.25) is 5.91 Å². The number of nitrogens with one attached hydrogen (secondary N) is 4. The first-order valence-electron chi connectivity index (χ1n) is 8.00. The number of rotatable bonds is 7. The molecule has 2 rings (SSSR count). The van der Waals surface area contributed by atoms with Gasteiger partial charge in [0.05, 0.1) is 12.1 Å². The van der Waals surface area contributed by atoms with Crippen LogP contribution in [0.5, 0.6) is 0 Å². The number of aryl methyl sites for hydroxylation is 1. The number of anilines is 2. The van der Waals surface area contributed by atoms with E-state index in [0.717, 1.165) is 22.6 Å². The Balaban J connectivity index is 1.85. The Morgan fingerprint density at radius 2 is 2.12 bits per heavy atom. The maximum atomic E-state index is 11.7. The molecule has 0 fully saturated rings. The van der Waals surface area contributed by atoms with Crippen molar-refractivity contribution in [2.45, 2.75) is 32.9 Å². The molecular formula is C15H25N7OS. The zero-order chi connectivity index (χ0) is 17.5. The lowest BCUT2D eigenvalue weighted by Crippen LogP contribution is -2.42. The van der Waals surface area contributed by atoms with Crippen molar-refractivity contribution < 1.29 is 4.79 Å². The zero-order valence-electron chi connectivity index (χ0n) is 14.5. The lowest BCUT2D eigenvalue weighted by atomic mass is 10.3. The van der Waals surface area contributed by atoms with Crippen LogP contribution in [0.1, 0.15) is 19.7 Å². The van der Waals surface area contributed by atoms with Crippen LogP contribution in [-0.4, -0.2) is 59.0 Å². The summed E-state index contributed by atoms with van der Waals surface area (Å²) in [7, 11) is 1.76. The molecular weight excluding hydrogens is 326 g/mol. The minimum atomic E-state index is -0.200. The number of carbonyl (C=O) groups excluding carboxylic acids is 1. The van der Waals surface area contributed by atoms with E-state index in [2.05, 4.69) is 43.2 Å². The number of amidine groups is 1. The van der Waals surface area contributed by atoms with Gasteiger partial charge in [-0.1, -0.05) is 11.8 Å². The number of amides is 1. The van der Waals surface area contributed by atoms with Crippen LogP contribution in [0.25, 0.3) is 0 Å². The van der Waals surface area contributed by atoms with Crippen molar-refractivity contribution in [3.63, 3.8) is 0 Å². The summed E-state index contributed by atoms with van der Waals surface area (Å²) in [6.07, 6.45) is 0. The van der Waals surface area contributed by atoms with Crippen LogP contribution in [0.4, 0.5) is 11.6 Å². The summed E-state index contributed by atoms with van der Waals surface area (Å²) < 4.78 is 0. The molecule has 24 heavy (non-hydrogen) atoms. The normalized spacial score (nSPS) is 18.0. The number of aromatic nitrogens is 2. The molecule has 9 heteroatoms. The molecule has 0 radical (unpaired) electrons. The van der Waals surface area contributed by atoms with E-state index in [0.29, 0.717) is 25.0 Å². The molecule has 1 aromatic heterocycles. The number of thioether (sulfide) groups is 1. The Morgan fingerprint density at radius 3 is 2.79 bits per heavy atom. The van der Waals surface area contributed by atoms with Gasteiger partial charge in [0.15, 0.2) is 5.17 Å². The van der Waals surface area contributed by atoms with E-state index in [4.69, 9.17) is 0 Å². The highest BCUT2D eigenvalue weighted by atomic mass is 32.2. The van der Waals surface area contributed by atoms with Crippen LogP contribution in [0, 0.1) is 6.92 Å². The van der Waals surface area contributed by atoms with Gasteiger partial charge in [-0.3, -0.25) is 9.79 Å². The Bertz CT molecular complexity index is 607. The van der Waals surface area contributed by atoms with Gasteiger partial charge in [-0.25, -0.2) is 9.97 Å². The summed E-state index contributed by atoms with van der Waals surface area (Å²) in [6.45, 7) is 6.86. The lowest BCUT2D eigenvalue weighted by Gasteiger charge is -2.12. The topological polar surface area (TPSA) is 103 Å². The third-order valence-corrected chi connectivity index (χ3v) is 4.56. The van der Waals surface area contributed by atoms with E-state index in [9.17, 15) is 4.79 Å². The first kappa shape index (κ1) is 18.5. The van der Waals surface area contributed by atoms with Crippen molar-refractivity contribution >= 4 is 34.5 Å². The molecule has 0 bridgehead atoms. The summed E-state index contributed by atoms with van der Waals surface area (Å²) in [5.74, 6) is 3.08. The number of aliphatic imine (C=N–C) groups is 1. The Kier molecular flexibility index (Phi) is 6.80. The van der Waals surface area contributed by atoms with Gasteiger partial charge in [0.25, 0.3) is 0 Å². The number of likely N-dealkylation sites (N-methyl/N-ethyl adjacent to an activating group) is 1. The highest BCUT2D eigenvalue weighted by molar-refractivity contribution is 8.14. The largest absolute Gasteiger partial charge is 0.368 e. The number of hydrogen-bond donors (Lipinski definition) is 4.